The van der Waals surface area contributed by atoms with Crippen LogP contribution in [0.15, 0.2) is 36.4 Å². The molecule has 0 fully saturated rings. The summed E-state index contributed by atoms with van der Waals surface area (Å²) in [6.45, 7) is 0. The van der Waals surface area contributed by atoms with Crippen molar-refractivity contribution in [1.29, 1.82) is 0 Å². The maximum atomic E-state index is 12.5. The normalized spacial score (nSPS) is 16.6. The number of hydrogen-bond acceptors (Lipinski definition) is 5. The highest BCUT2D eigenvalue weighted by atomic mass is 16.5. The van der Waals surface area contributed by atoms with Gasteiger partial charge in [-0.2, -0.15) is 0 Å². The molecular formula is C17H17NO4. The van der Waals surface area contributed by atoms with E-state index in [9.17, 15) is 4.79 Å². The van der Waals surface area contributed by atoms with Gasteiger partial charge in [0.15, 0.2) is 11.5 Å². The molecule has 0 amide bonds. The number of carbonyl (C=O) groups excluding carboxylic acids is 1. The first kappa shape index (κ1) is 14.3. The molecule has 0 aliphatic carbocycles. The van der Waals surface area contributed by atoms with E-state index < -0.39 is 0 Å². The number of benzene rings is 2. The molecule has 114 valence electrons. The van der Waals surface area contributed by atoms with Gasteiger partial charge in [0.25, 0.3) is 0 Å². The molecule has 0 saturated carbocycles. The van der Waals surface area contributed by atoms with Crippen LogP contribution in [-0.2, 0) is 0 Å². The third kappa shape index (κ3) is 2.24. The second-order valence-corrected chi connectivity index (χ2v) is 5.04. The Hall–Kier alpha value is -2.69. The smallest absolute Gasteiger partial charge is 0.174 e. The van der Waals surface area contributed by atoms with E-state index in [1.54, 1.807) is 6.07 Å². The standard InChI is InChI=1S/C17H17NO4/c1-20-13-9-14(21-2)16(18)17-15(13)11(19)8-12(22-17)10-6-4-3-5-7-10/h3-7,9,12H,8,18H2,1-2H3. The number of carbonyl (C=O) groups is 1. The van der Waals surface area contributed by atoms with Gasteiger partial charge in [0.2, 0.25) is 0 Å². The fraction of sp³-hybridized carbons (Fsp3) is 0.235. The molecule has 2 aromatic carbocycles. The molecule has 0 radical (unpaired) electrons. The summed E-state index contributed by atoms with van der Waals surface area (Å²) in [5, 5.41) is 0. The van der Waals surface area contributed by atoms with Gasteiger partial charge >= 0.3 is 0 Å². The van der Waals surface area contributed by atoms with E-state index in [1.165, 1.54) is 14.2 Å². The zero-order valence-electron chi connectivity index (χ0n) is 12.5. The molecule has 0 aromatic heterocycles. The maximum absolute atomic E-state index is 12.5. The number of ether oxygens (including phenoxy) is 3. The maximum Gasteiger partial charge on any atom is 0.174 e. The topological polar surface area (TPSA) is 70.8 Å². The molecular weight excluding hydrogens is 282 g/mol. The molecule has 1 unspecified atom stereocenters. The van der Waals surface area contributed by atoms with Gasteiger partial charge in [-0.15, -0.1) is 0 Å². The van der Waals surface area contributed by atoms with Crippen LogP contribution in [-0.4, -0.2) is 20.0 Å². The summed E-state index contributed by atoms with van der Waals surface area (Å²) < 4.78 is 16.5. The number of hydrogen-bond donors (Lipinski definition) is 1. The second kappa shape index (κ2) is 5.60. The summed E-state index contributed by atoms with van der Waals surface area (Å²) >= 11 is 0. The van der Waals surface area contributed by atoms with Crippen molar-refractivity contribution in [2.45, 2.75) is 12.5 Å². The van der Waals surface area contributed by atoms with E-state index in [2.05, 4.69) is 0 Å². The molecule has 3 rings (SSSR count). The lowest BCUT2D eigenvalue weighted by Gasteiger charge is -2.28. The third-order valence-electron chi connectivity index (χ3n) is 3.77. The summed E-state index contributed by atoms with van der Waals surface area (Å²) in [6, 6.07) is 11.2. The van der Waals surface area contributed by atoms with Crippen LogP contribution in [0.25, 0.3) is 0 Å². The average molecular weight is 299 g/mol. The van der Waals surface area contributed by atoms with Crippen molar-refractivity contribution in [3.63, 3.8) is 0 Å². The molecule has 2 N–H and O–H groups in total. The summed E-state index contributed by atoms with van der Waals surface area (Å²) in [4.78, 5) is 12.5. The zero-order valence-corrected chi connectivity index (χ0v) is 12.5. The zero-order chi connectivity index (χ0) is 15.7. The fourth-order valence-corrected chi connectivity index (χ4v) is 2.65. The minimum Gasteiger partial charge on any atom is -0.496 e. The first-order valence-corrected chi connectivity index (χ1v) is 6.95. The van der Waals surface area contributed by atoms with Crippen LogP contribution in [0.1, 0.15) is 28.4 Å². The quantitative estimate of drug-likeness (QED) is 0.882. The lowest BCUT2D eigenvalue weighted by atomic mass is 9.95. The van der Waals surface area contributed by atoms with E-state index in [4.69, 9.17) is 19.9 Å². The Balaban J connectivity index is 2.10. The number of nitrogen functional groups attached to an aromatic ring is 1. The van der Waals surface area contributed by atoms with Crippen LogP contribution in [0, 0.1) is 0 Å². The number of anilines is 1. The van der Waals surface area contributed by atoms with Crippen LogP contribution in [0.2, 0.25) is 0 Å². The molecule has 0 bridgehead atoms. The van der Waals surface area contributed by atoms with Crippen LogP contribution in [0.3, 0.4) is 0 Å². The molecule has 1 atom stereocenters. The average Bonchev–Trinajstić information content (AvgIpc) is 2.56. The lowest BCUT2D eigenvalue weighted by molar-refractivity contribution is 0.0846. The van der Waals surface area contributed by atoms with E-state index in [0.717, 1.165) is 5.56 Å². The summed E-state index contributed by atoms with van der Waals surface area (Å²) in [7, 11) is 3.01. The Bertz CT molecular complexity index is 712. The molecule has 22 heavy (non-hydrogen) atoms. The predicted octanol–water partition coefficient (Wildman–Crippen LogP) is 2.99. The first-order chi connectivity index (χ1) is 10.7. The van der Waals surface area contributed by atoms with Gasteiger partial charge in [0, 0.05) is 6.07 Å². The fourth-order valence-electron chi connectivity index (χ4n) is 2.65. The van der Waals surface area contributed by atoms with Crippen LogP contribution >= 0.6 is 0 Å². The number of Topliss-reactive ketones (excluding diaryl/α,β-unsaturated/α-hetero) is 1. The molecule has 1 heterocycles. The van der Waals surface area contributed by atoms with Gasteiger partial charge in [-0.3, -0.25) is 4.79 Å². The van der Waals surface area contributed by atoms with Crippen LogP contribution in [0.5, 0.6) is 17.2 Å². The first-order valence-electron chi connectivity index (χ1n) is 6.95. The Morgan fingerprint density at radius 3 is 2.45 bits per heavy atom. The molecule has 0 spiro atoms. The highest BCUT2D eigenvalue weighted by molar-refractivity contribution is 6.05. The molecule has 5 nitrogen and oxygen atoms in total. The van der Waals surface area contributed by atoms with Crippen molar-refractivity contribution in [2.75, 3.05) is 20.0 Å². The van der Waals surface area contributed by atoms with Crippen molar-refractivity contribution in [1.82, 2.24) is 0 Å². The van der Waals surface area contributed by atoms with Crippen molar-refractivity contribution < 1.29 is 19.0 Å². The monoisotopic (exact) mass is 299 g/mol. The molecule has 1 aliphatic rings. The Morgan fingerprint density at radius 2 is 1.82 bits per heavy atom. The largest absolute Gasteiger partial charge is 0.496 e. The van der Waals surface area contributed by atoms with Crippen LogP contribution < -0.4 is 19.9 Å². The molecule has 5 heteroatoms. The molecule has 1 aliphatic heterocycles. The second-order valence-electron chi connectivity index (χ2n) is 5.04. The molecule has 2 aromatic rings. The lowest BCUT2D eigenvalue weighted by Crippen LogP contribution is -2.22. The number of rotatable bonds is 3. The van der Waals surface area contributed by atoms with E-state index in [-0.39, 0.29) is 18.3 Å². The minimum absolute atomic E-state index is 0.0543. The summed E-state index contributed by atoms with van der Waals surface area (Å²) in [5.41, 5.74) is 7.71. The summed E-state index contributed by atoms with van der Waals surface area (Å²) in [6.07, 6.45) is -0.112. The Morgan fingerprint density at radius 1 is 1.14 bits per heavy atom. The van der Waals surface area contributed by atoms with E-state index in [1.807, 2.05) is 30.3 Å². The van der Waals surface area contributed by atoms with Gasteiger partial charge in [0.05, 0.1) is 20.6 Å². The van der Waals surface area contributed by atoms with Gasteiger partial charge in [0.1, 0.15) is 28.9 Å². The van der Waals surface area contributed by atoms with Crippen molar-refractivity contribution in [3.05, 3.63) is 47.5 Å². The van der Waals surface area contributed by atoms with E-state index >= 15 is 0 Å². The summed E-state index contributed by atoms with van der Waals surface area (Å²) in [5.74, 6) is 1.12. The SMILES string of the molecule is COc1cc(OC)c2c(c1N)OC(c1ccccc1)CC2=O. The van der Waals surface area contributed by atoms with Gasteiger partial charge in [-0.1, -0.05) is 30.3 Å². The van der Waals surface area contributed by atoms with Crippen molar-refractivity contribution in [2.24, 2.45) is 0 Å². The predicted molar refractivity (Wildman–Crippen MR) is 82.7 cm³/mol. The van der Waals surface area contributed by atoms with Gasteiger partial charge < -0.3 is 19.9 Å². The minimum atomic E-state index is -0.361. The number of fused-ring (bicyclic) bond motifs is 1. The van der Waals surface area contributed by atoms with Gasteiger partial charge in [-0.25, -0.2) is 0 Å². The molecule has 0 saturated heterocycles. The Labute approximate surface area is 128 Å². The Kier molecular flexibility index (Phi) is 3.63. The highest BCUT2D eigenvalue weighted by Crippen LogP contribution is 2.47. The van der Waals surface area contributed by atoms with E-state index in [0.29, 0.717) is 28.5 Å². The number of methoxy groups -OCH3 is 2. The van der Waals surface area contributed by atoms with Crippen LogP contribution in [0.4, 0.5) is 5.69 Å². The van der Waals surface area contributed by atoms with Gasteiger partial charge in [-0.05, 0) is 5.56 Å². The highest BCUT2D eigenvalue weighted by Gasteiger charge is 2.33. The number of ketones is 1. The van der Waals surface area contributed by atoms with Crippen molar-refractivity contribution in [3.8, 4) is 17.2 Å². The third-order valence-corrected chi connectivity index (χ3v) is 3.77. The number of nitrogens with two attached hydrogens (primary N) is 1. The van der Waals surface area contributed by atoms with Crippen molar-refractivity contribution >= 4 is 11.5 Å².